The predicted octanol–water partition coefficient (Wildman–Crippen LogP) is 2.60. The summed E-state index contributed by atoms with van der Waals surface area (Å²) >= 11 is 0. The summed E-state index contributed by atoms with van der Waals surface area (Å²) in [4.78, 5) is 56.6. The Morgan fingerprint density at radius 3 is 2.38 bits per heavy atom. The number of ether oxygens (including phenoxy) is 3. The average molecular weight is 559 g/mol. The van der Waals surface area contributed by atoms with E-state index in [9.17, 15) is 18.8 Å². The van der Waals surface area contributed by atoms with Gasteiger partial charge in [0.2, 0.25) is 12.8 Å². The number of anilines is 2. The number of unbranched alkanes of at least 4 members (excludes halogenated alkanes) is 2. The number of primary amides is 1. The van der Waals surface area contributed by atoms with E-state index in [0.29, 0.717) is 50.5 Å². The molecule has 0 spiro atoms. The molecule has 2 aliphatic rings. The molecular weight excluding hydrogens is 519 g/mol. The fraction of sp³-hybridized carbons (Fsp3) is 0.560. The highest BCUT2D eigenvalue weighted by Crippen LogP contribution is 2.28. The van der Waals surface area contributed by atoms with Crippen molar-refractivity contribution in [2.75, 3.05) is 55.8 Å². The number of rotatable bonds is 9. The van der Waals surface area contributed by atoms with Crippen LogP contribution in [-0.4, -0.2) is 93.6 Å². The number of carbonyl (C=O) groups excluding carboxylic acids is 4. The fourth-order valence-corrected chi connectivity index (χ4v) is 3.53. The highest BCUT2D eigenvalue weighted by Gasteiger charge is 2.35. The van der Waals surface area contributed by atoms with Crippen LogP contribution in [0.3, 0.4) is 0 Å². The first kappa shape index (κ1) is 35.1. The molecule has 0 saturated carbocycles. The molecule has 39 heavy (non-hydrogen) atoms. The van der Waals surface area contributed by atoms with Crippen molar-refractivity contribution < 1.29 is 47.7 Å². The number of benzene rings is 1. The van der Waals surface area contributed by atoms with Crippen LogP contribution in [0, 0.1) is 5.82 Å². The summed E-state index contributed by atoms with van der Waals surface area (Å²) in [5, 5.41) is 6.89. The van der Waals surface area contributed by atoms with E-state index in [2.05, 4.69) is 5.73 Å². The highest BCUT2D eigenvalue weighted by atomic mass is 19.1. The van der Waals surface area contributed by atoms with Crippen molar-refractivity contribution in [3.8, 4) is 0 Å². The number of cyclic esters (lactones) is 1. The fourth-order valence-electron chi connectivity index (χ4n) is 3.53. The van der Waals surface area contributed by atoms with Crippen LogP contribution >= 0.6 is 0 Å². The van der Waals surface area contributed by atoms with Gasteiger partial charge in [0.1, 0.15) is 11.9 Å². The molecule has 1 aromatic rings. The number of nitrogens with zero attached hydrogens (tertiary/aromatic N) is 3. The van der Waals surface area contributed by atoms with Gasteiger partial charge in [0, 0.05) is 13.1 Å². The van der Waals surface area contributed by atoms with E-state index in [1.807, 2.05) is 25.7 Å². The minimum Gasteiger partial charge on any atom is -0.483 e. The van der Waals surface area contributed by atoms with Crippen LogP contribution in [0.5, 0.6) is 0 Å². The number of amides is 4. The molecule has 4 amide bonds. The average Bonchev–Trinajstić information content (AvgIpc) is 3.32. The van der Waals surface area contributed by atoms with Gasteiger partial charge in [-0.05, 0) is 24.6 Å². The lowest BCUT2D eigenvalue weighted by Gasteiger charge is -2.29. The Morgan fingerprint density at radius 1 is 1.23 bits per heavy atom. The van der Waals surface area contributed by atoms with Crippen LogP contribution < -0.4 is 15.5 Å². The van der Waals surface area contributed by atoms with Gasteiger partial charge in [-0.25, -0.2) is 18.9 Å². The van der Waals surface area contributed by atoms with E-state index in [4.69, 9.17) is 28.9 Å². The number of carbonyl (C=O) groups is 5. The van der Waals surface area contributed by atoms with Gasteiger partial charge in [0.25, 0.3) is 6.47 Å². The Kier molecular flexibility index (Phi) is 18.9. The third-order valence-electron chi connectivity index (χ3n) is 5.20. The molecule has 2 aliphatic heterocycles. The van der Waals surface area contributed by atoms with Crippen molar-refractivity contribution in [1.82, 2.24) is 4.90 Å². The summed E-state index contributed by atoms with van der Waals surface area (Å²) < 4.78 is 30.3. The SMILES string of the molecule is CC.CCCCCOC(=O)N(C=O)CC1CN(c2ccc(N3CCOCC3)c(F)c2)C(=O)O1.NC=O.O=CO. The van der Waals surface area contributed by atoms with Crippen molar-refractivity contribution in [3.05, 3.63) is 24.0 Å². The first-order valence-corrected chi connectivity index (χ1v) is 12.6. The van der Waals surface area contributed by atoms with Gasteiger partial charge in [-0.2, -0.15) is 0 Å². The Labute approximate surface area is 227 Å². The molecule has 2 heterocycles. The summed E-state index contributed by atoms with van der Waals surface area (Å²) in [6.07, 6.45) is 1.05. The minimum absolute atomic E-state index is 0.0859. The number of imide groups is 1. The third kappa shape index (κ3) is 12.4. The van der Waals surface area contributed by atoms with Gasteiger partial charge >= 0.3 is 12.2 Å². The lowest BCUT2D eigenvalue weighted by molar-refractivity contribution is -0.123. The lowest BCUT2D eigenvalue weighted by Crippen LogP contribution is -2.38. The molecule has 1 atom stereocenters. The van der Waals surface area contributed by atoms with E-state index in [0.717, 1.165) is 17.7 Å². The molecular formula is C25H39FN4O9. The topological polar surface area (TPSA) is 169 Å². The molecule has 3 N–H and O–H groups in total. The molecule has 0 bridgehead atoms. The second-order valence-corrected chi connectivity index (χ2v) is 7.67. The molecule has 1 aromatic carbocycles. The van der Waals surface area contributed by atoms with Crippen LogP contribution in [0.25, 0.3) is 0 Å². The van der Waals surface area contributed by atoms with Crippen molar-refractivity contribution in [2.24, 2.45) is 5.73 Å². The second-order valence-electron chi connectivity index (χ2n) is 7.67. The van der Waals surface area contributed by atoms with E-state index >= 15 is 0 Å². The van der Waals surface area contributed by atoms with Crippen molar-refractivity contribution >= 4 is 42.9 Å². The molecule has 0 aliphatic carbocycles. The van der Waals surface area contributed by atoms with Gasteiger partial charge in [0.15, 0.2) is 0 Å². The van der Waals surface area contributed by atoms with E-state index in [-0.39, 0.29) is 32.6 Å². The molecule has 220 valence electrons. The van der Waals surface area contributed by atoms with Crippen molar-refractivity contribution in [3.63, 3.8) is 0 Å². The van der Waals surface area contributed by atoms with Crippen LogP contribution in [0.4, 0.5) is 25.4 Å². The number of nitrogens with two attached hydrogens (primary N) is 1. The molecule has 2 fully saturated rings. The number of hydrogen-bond donors (Lipinski definition) is 2. The molecule has 0 aromatic heterocycles. The quantitative estimate of drug-likeness (QED) is 0.339. The van der Waals surface area contributed by atoms with E-state index in [1.165, 1.54) is 11.0 Å². The highest BCUT2D eigenvalue weighted by molar-refractivity contribution is 5.90. The molecule has 2 saturated heterocycles. The maximum atomic E-state index is 14.7. The van der Waals surface area contributed by atoms with Crippen LogP contribution in [0.15, 0.2) is 18.2 Å². The molecule has 0 radical (unpaired) electrons. The van der Waals surface area contributed by atoms with E-state index in [1.54, 1.807) is 12.1 Å². The Morgan fingerprint density at radius 2 is 1.85 bits per heavy atom. The Balaban J connectivity index is 0.00000162. The van der Waals surface area contributed by atoms with Gasteiger partial charge in [-0.15, -0.1) is 0 Å². The van der Waals surface area contributed by atoms with Crippen molar-refractivity contribution in [2.45, 2.75) is 46.1 Å². The summed E-state index contributed by atoms with van der Waals surface area (Å²) in [6.45, 7) is 8.23. The molecule has 14 heteroatoms. The monoisotopic (exact) mass is 558 g/mol. The zero-order chi connectivity index (χ0) is 29.6. The van der Waals surface area contributed by atoms with Crippen LogP contribution in [0.2, 0.25) is 0 Å². The second kappa shape index (κ2) is 21.0. The van der Waals surface area contributed by atoms with Gasteiger partial charge in [-0.3, -0.25) is 19.3 Å². The largest absolute Gasteiger partial charge is 0.483 e. The number of halogens is 1. The van der Waals surface area contributed by atoms with Crippen LogP contribution in [-0.2, 0) is 28.6 Å². The lowest BCUT2D eigenvalue weighted by atomic mass is 10.2. The van der Waals surface area contributed by atoms with Crippen molar-refractivity contribution in [1.29, 1.82) is 0 Å². The Hall–Kier alpha value is -3.94. The summed E-state index contributed by atoms with van der Waals surface area (Å²) in [5.74, 6) is -0.444. The predicted molar refractivity (Wildman–Crippen MR) is 141 cm³/mol. The number of hydrogen-bond acceptors (Lipinski definition) is 9. The number of carboxylic acid groups (broad SMARTS) is 1. The smallest absolute Gasteiger partial charge is 0.416 e. The first-order chi connectivity index (χ1) is 18.9. The van der Waals surface area contributed by atoms with E-state index < -0.39 is 24.1 Å². The first-order valence-electron chi connectivity index (χ1n) is 12.6. The number of morpholine rings is 1. The molecule has 13 nitrogen and oxygen atoms in total. The maximum Gasteiger partial charge on any atom is 0.416 e. The van der Waals surface area contributed by atoms with Gasteiger partial charge in [-0.1, -0.05) is 33.6 Å². The minimum atomic E-state index is -0.776. The van der Waals surface area contributed by atoms with Crippen LogP contribution in [0.1, 0.15) is 40.0 Å². The van der Waals surface area contributed by atoms with Gasteiger partial charge < -0.3 is 30.0 Å². The maximum absolute atomic E-state index is 14.7. The molecule has 3 rings (SSSR count). The summed E-state index contributed by atoms with van der Waals surface area (Å²) in [6, 6.07) is 4.56. The van der Waals surface area contributed by atoms with Gasteiger partial charge in [0.05, 0.1) is 44.3 Å². The normalized spacial score (nSPS) is 15.6. The summed E-state index contributed by atoms with van der Waals surface area (Å²) in [7, 11) is 0. The standard InChI is InChI=1S/C21H28FN3O6.C2H6.CH3NO.CH2O2/c1-2-3-4-9-30-20(27)24(15-26)13-17-14-25(21(28)31-17)16-5-6-19(18(22)12-16)23-7-10-29-11-8-23;1-2;2*2-1-3/h5-6,12,15,17H,2-4,7-11,13-14H2,1H3;1-2H3;1H,(H2,2,3);1H,(H,2,3). The third-order valence-corrected chi connectivity index (χ3v) is 5.20. The Bertz CT molecular complexity index is 879. The zero-order valence-electron chi connectivity index (χ0n) is 22.6. The zero-order valence-corrected chi connectivity index (χ0v) is 22.6. The summed E-state index contributed by atoms with van der Waals surface area (Å²) in [5.41, 5.74) is 4.97. The molecule has 1 unspecified atom stereocenters.